The zero-order chi connectivity index (χ0) is 8.97. The molecule has 0 aliphatic rings. The Morgan fingerprint density at radius 2 is 1.92 bits per heavy atom. The number of halogens is 1. The minimum atomic E-state index is 0.328. The highest BCUT2D eigenvalue weighted by Gasteiger charge is 1.96. The summed E-state index contributed by atoms with van der Waals surface area (Å²) in [6, 6.07) is 6.99. The third kappa shape index (κ3) is 2.11. The molecule has 0 radical (unpaired) electrons. The minimum absolute atomic E-state index is 0.328. The van der Waals surface area contributed by atoms with Gasteiger partial charge in [-0.1, -0.05) is 11.6 Å². The van der Waals surface area contributed by atoms with Crippen LogP contribution >= 0.6 is 11.6 Å². The van der Waals surface area contributed by atoms with Crippen molar-refractivity contribution in [2.24, 2.45) is 16.7 Å². The summed E-state index contributed by atoms with van der Waals surface area (Å²) in [7, 11) is 0. The Bertz CT molecular complexity index is 280. The third-order valence-electron chi connectivity index (χ3n) is 1.32. The summed E-state index contributed by atoms with van der Waals surface area (Å²) < 4.78 is 0. The molecule has 0 unspecified atom stereocenters. The van der Waals surface area contributed by atoms with Crippen LogP contribution in [0.4, 0.5) is 0 Å². The van der Waals surface area contributed by atoms with E-state index in [0.717, 1.165) is 5.56 Å². The number of rotatable bonds is 2. The van der Waals surface area contributed by atoms with Gasteiger partial charge in [-0.2, -0.15) is 0 Å². The standard InChI is InChI=1S/C7H9ClN4/c8-6-3-1-5(2-4-6)7(9)11-12-10/h1-4,12H,10H2,(H2,9,11). The van der Waals surface area contributed by atoms with E-state index in [4.69, 9.17) is 23.2 Å². The van der Waals surface area contributed by atoms with Crippen LogP contribution in [0, 0.1) is 0 Å². The first kappa shape index (κ1) is 8.83. The summed E-state index contributed by atoms with van der Waals surface area (Å²) in [6.07, 6.45) is 0. The van der Waals surface area contributed by atoms with E-state index in [1.165, 1.54) is 0 Å². The van der Waals surface area contributed by atoms with Gasteiger partial charge in [0.05, 0.1) is 0 Å². The van der Waals surface area contributed by atoms with E-state index < -0.39 is 0 Å². The van der Waals surface area contributed by atoms with Gasteiger partial charge in [0.1, 0.15) is 0 Å². The SMILES string of the molecule is NN/N=C(\N)c1ccc(Cl)cc1. The molecule has 0 aromatic heterocycles. The van der Waals surface area contributed by atoms with Gasteiger partial charge >= 0.3 is 0 Å². The third-order valence-corrected chi connectivity index (χ3v) is 1.58. The van der Waals surface area contributed by atoms with Gasteiger partial charge in [-0.15, -0.1) is 5.10 Å². The second-order valence-corrected chi connectivity index (χ2v) is 2.57. The largest absolute Gasteiger partial charge is 0.382 e. The van der Waals surface area contributed by atoms with Crippen molar-refractivity contribution >= 4 is 17.4 Å². The Labute approximate surface area is 75.2 Å². The molecule has 1 aromatic rings. The summed E-state index contributed by atoms with van der Waals surface area (Å²) in [5, 5.41) is 4.26. The molecule has 4 nitrogen and oxygen atoms in total. The number of hydrazine groups is 1. The summed E-state index contributed by atoms with van der Waals surface area (Å²) in [5.74, 6) is 5.28. The minimum Gasteiger partial charge on any atom is -0.382 e. The summed E-state index contributed by atoms with van der Waals surface area (Å²) in [5.41, 5.74) is 8.41. The molecule has 0 spiro atoms. The molecule has 1 rings (SSSR count). The average Bonchev–Trinajstić information content (AvgIpc) is 2.06. The molecule has 5 N–H and O–H groups in total. The highest BCUT2D eigenvalue weighted by molar-refractivity contribution is 6.30. The van der Waals surface area contributed by atoms with Gasteiger partial charge in [-0.05, 0) is 24.3 Å². The summed E-state index contributed by atoms with van der Waals surface area (Å²) in [4.78, 5) is 0. The topological polar surface area (TPSA) is 76.4 Å². The van der Waals surface area contributed by atoms with E-state index in [0.29, 0.717) is 10.9 Å². The molecule has 0 atom stereocenters. The van der Waals surface area contributed by atoms with Gasteiger partial charge in [0.15, 0.2) is 5.84 Å². The lowest BCUT2D eigenvalue weighted by molar-refractivity contribution is 0.804. The Morgan fingerprint density at radius 3 is 2.42 bits per heavy atom. The lowest BCUT2D eigenvalue weighted by Gasteiger charge is -1.99. The lowest BCUT2D eigenvalue weighted by atomic mass is 10.2. The van der Waals surface area contributed by atoms with E-state index in [9.17, 15) is 0 Å². The lowest BCUT2D eigenvalue weighted by Crippen LogP contribution is -2.22. The Kier molecular flexibility index (Phi) is 2.90. The summed E-state index contributed by atoms with van der Waals surface area (Å²) >= 11 is 5.67. The van der Waals surface area contributed by atoms with Crippen LogP contribution < -0.4 is 17.1 Å². The van der Waals surface area contributed by atoms with Gasteiger partial charge in [0.25, 0.3) is 0 Å². The molecule has 64 valence electrons. The van der Waals surface area contributed by atoms with E-state index in [-0.39, 0.29) is 0 Å². The van der Waals surface area contributed by atoms with Crippen molar-refractivity contribution in [2.45, 2.75) is 0 Å². The molecule has 0 saturated heterocycles. The maximum Gasteiger partial charge on any atom is 0.152 e. The molecule has 0 saturated carbocycles. The van der Waals surface area contributed by atoms with Crippen molar-refractivity contribution in [2.75, 3.05) is 0 Å². The average molecular weight is 185 g/mol. The molecule has 0 aliphatic heterocycles. The predicted molar refractivity (Wildman–Crippen MR) is 49.5 cm³/mol. The van der Waals surface area contributed by atoms with Crippen LogP contribution in [0.3, 0.4) is 0 Å². The Hall–Kier alpha value is -1.26. The van der Waals surface area contributed by atoms with Crippen LogP contribution in [0.25, 0.3) is 0 Å². The van der Waals surface area contributed by atoms with Crippen LogP contribution in [0.15, 0.2) is 29.4 Å². The number of amidine groups is 1. The van der Waals surface area contributed by atoms with E-state index in [1.807, 2.05) is 0 Å². The zero-order valence-electron chi connectivity index (χ0n) is 6.29. The van der Waals surface area contributed by atoms with Crippen molar-refractivity contribution < 1.29 is 0 Å². The number of hydrogen-bond donors (Lipinski definition) is 3. The molecule has 0 amide bonds. The Balaban J connectivity index is 2.89. The predicted octanol–water partition coefficient (Wildman–Crippen LogP) is 0.424. The van der Waals surface area contributed by atoms with Crippen molar-refractivity contribution in [1.29, 1.82) is 0 Å². The quantitative estimate of drug-likeness (QED) is 0.270. The van der Waals surface area contributed by atoms with Crippen molar-refractivity contribution in [3.63, 3.8) is 0 Å². The molecule has 1 aromatic carbocycles. The number of hydrogen-bond acceptors (Lipinski definition) is 3. The van der Waals surface area contributed by atoms with Crippen LogP contribution in [0.5, 0.6) is 0 Å². The van der Waals surface area contributed by atoms with Crippen LogP contribution in [0.2, 0.25) is 5.02 Å². The van der Waals surface area contributed by atoms with Crippen molar-refractivity contribution in [3.05, 3.63) is 34.9 Å². The fourth-order valence-corrected chi connectivity index (χ4v) is 0.881. The van der Waals surface area contributed by atoms with Crippen molar-refractivity contribution in [1.82, 2.24) is 5.53 Å². The van der Waals surface area contributed by atoms with E-state index in [2.05, 4.69) is 10.6 Å². The number of nitrogens with two attached hydrogens (primary N) is 2. The van der Waals surface area contributed by atoms with Crippen LogP contribution in [-0.4, -0.2) is 5.84 Å². The maximum absolute atomic E-state index is 5.67. The monoisotopic (exact) mass is 184 g/mol. The number of nitrogens with one attached hydrogen (secondary N) is 1. The zero-order valence-corrected chi connectivity index (χ0v) is 7.05. The van der Waals surface area contributed by atoms with E-state index in [1.54, 1.807) is 24.3 Å². The fourth-order valence-electron chi connectivity index (χ4n) is 0.755. The number of hydrazone groups is 1. The molecule has 0 aliphatic carbocycles. The molecule has 0 heterocycles. The number of benzene rings is 1. The van der Waals surface area contributed by atoms with Crippen LogP contribution in [-0.2, 0) is 0 Å². The molecule has 0 bridgehead atoms. The molecule has 5 heteroatoms. The first-order valence-corrected chi connectivity index (χ1v) is 3.66. The molecular formula is C7H9ClN4. The van der Waals surface area contributed by atoms with Gasteiger partial charge in [-0.25, -0.2) is 11.4 Å². The maximum atomic E-state index is 5.67. The van der Waals surface area contributed by atoms with Gasteiger partial charge in [0.2, 0.25) is 0 Å². The molecular weight excluding hydrogens is 176 g/mol. The van der Waals surface area contributed by atoms with Gasteiger partial charge in [0, 0.05) is 10.6 Å². The normalized spacial score (nSPS) is 11.3. The first-order chi connectivity index (χ1) is 5.74. The summed E-state index contributed by atoms with van der Waals surface area (Å²) in [6.45, 7) is 0. The van der Waals surface area contributed by atoms with Gasteiger partial charge < -0.3 is 5.73 Å². The highest BCUT2D eigenvalue weighted by atomic mass is 35.5. The smallest absolute Gasteiger partial charge is 0.152 e. The second-order valence-electron chi connectivity index (χ2n) is 2.13. The highest BCUT2D eigenvalue weighted by Crippen LogP contribution is 2.08. The van der Waals surface area contributed by atoms with E-state index >= 15 is 0 Å². The fraction of sp³-hybridized carbons (Fsp3) is 0. The molecule has 0 fully saturated rings. The molecule has 12 heavy (non-hydrogen) atoms. The Morgan fingerprint density at radius 1 is 1.33 bits per heavy atom. The van der Waals surface area contributed by atoms with Crippen molar-refractivity contribution in [3.8, 4) is 0 Å². The first-order valence-electron chi connectivity index (χ1n) is 3.28. The van der Waals surface area contributed by atoms with Gasteiger partial charge in [-0.3, -0.25) is 0 Å². The number of nitrogens with zero attached hydrogens (tertiary/aromatic N) is 1. The second kappa shape index (κ2) is 3.94. The van der Waals surface area contributed by atoms with Crippen LogP contribution in [0.1, 0.15) is 5.56 Å².